The van der Waals surface area contributed by atoms with E-state index in [2.05, 4.69) is 19.2 Å². The SMILES string of the molecule is CC1(C)CCC(NCCOc2ccc(-c3cccc(C(N)=O)c3)cc2)CC1. The number of hydrogen-bond acceptors (Lipinski definition) is 3. The van der Waals surface area contributed by atoms with E-state index in [1.54, 1.807) is 6.07 Å². The van der Waals surface area contributed by atoms with Crippen molar-refractivity contribution in [2.24, 2.45) is 11.1 Å². The van der Waals surface area contributed by atoms with Gasteiger partial charge in [0.2, 0.25) is 5.91 Å². The second-order valence-corrected chi connectivity index (χ2v) is 8.21. The molecule has 0 aliphatic heterocycles. The van der Waals surface area contributed by atoms with Crippen molar-refractivity contribution >= 4 is 5.91 Å². The number of carbonyl (C=O) groups is 1. The monoisotopic (exact) mass is 366 g/mol. The Morgan fingerprint density at radius 1 is 1.11 bits per heavy atom. The van der Waals surface area contributed by atoms with Crippen LogP contribution in [0.2, 0.25) is 0 Å². The molecule has 4 heteroatoms. The number of amides is 1. The first-order chi connectivity index (χ1) is 12.9. The van der Waals surface area contributed by atoms with Gasteiger partial charge in [0.25, 0.3) is 0 Å². The molecule has 0 bridgehead atoms. The molecule has 144 valence electrons. The van der Waals surface area contributed by atoms with Gasteiger partial charge in [-0.15, -0.1) is 0 Å². The number of benzene rings is 2. The normalized spacial score (nSPS) is 16.8. The first-order valence-corrected chi connectivity index (χ1v) is 9.79. The van der Waals surface area contributed by atoms with E-state index in [1.807, 2.05) is 42.5 Å². The van der Waals surface area contributed by atoms with Crippen LogP contribution in [-0.2, 0) is 0 Å². The Balaban J connectivity index is 1.46. The molecule has 4 nitrogen and oxygen atoms in total. The maximum atomic E-state index is 11.3. The van der Waals surface area contributed by atoms with Gasteiger partial charge in [-0.25, -0.2) is 0 Å². The van der Waals surface area contributed by atoms with Crippen LogP contribution in [0, 0.1) is 5.41 Å². The molecule has 1 saturated carbocycles. The molecule has 0 radical (unpaired) electrons. The molecular weight excluding hydrogens is 336 g/mol. The van der Waals surface area contributed by atoms with Crippen molar-refractivity contribution in [3.05, 3.63) is 54.1 Å². The fraction of sp³-hybridized carbons (Fsp3) is 0.435. The maximum absolute atomic E-state index is 11.3. The van der Waals surface area contributed by atoms with Crippen molar-refractivity contribution in [1.29, 1.82) is 0 Å². The molecule has 0 heterocycles. The fourth-order valence-electron chi connectivity index (χ4n) is 3.63. The highest BCUT2D eigenvalue weighted by molar-refractivity contribution is 5.94. The van der Waals surface area contributed by atoms with Crippen molar-refractivity contribution < 1.29 is 9.53 Å². The molecule has 0 spiro atoms. The smallest absolute Gasteiger partial charge is 0.248 e. The van der Waals surface area contributed by atoms with Gasteiger partial charge < -0.3 is 15.8 Å². The zero-order chi connectivity index (χ0) is 19.3. The van der Waals surface area contributed by atoms with E-state index < -0.39 is 5.91 Å². The Kier molecular flexibility index (Phi) is 6.17. The molecule has 2 aromatic carbocycles. The van der Waals surface area contributed by atoms with Crippen molar-refractivity contribution in [1.82, 2.24) is 5.32 Å². The molecule has 27 heavy (non-hydrogen) atoms. The molecule has 0 atom stereocenters. The molecule has 1 aliphatic rings. The summed E-state index contributed by atoms with van der Waals surface area (Å²) in [5.41, 5.74) is 8.39. The highest BCUT2D eigenvalue weighted by Gasteiger charge is 2.26. The third kappa shape index (κ3) is 5.57. The third-order valence-electron chi connectivity index (χ3n) is 5.48. The number of rotatable bonds is 7. The Labute approximate surface area is 162 Å². The lowest BCUT2D eigenvalue weighted by molar-refractivity contribution is 0.100. The van der Waals surface area contributed by atoms with Gasteiger partial charge in [0.05, 0.1) is 0 Å². The summed E-state index contributed by atoms with van der Waals surface area (Å²) in [5, 5.41) is 3.61. The molecule has 1 amide bonds. The third-order valence-corrected chi connectivity index (χ3v) is 5.48. The van der Waals surface area contributed by atoms with Crippen LogP contribution in [0.1, 0.15) is 49.9 Å². The van der Waals surface area contributed by atoms with Crippen LogP contribution in [0.15, 0.2) is 48.5 Å². The Morgan fingerprint density at radius 2 is 1.81 bits per heavy atom. The Morgan fingerprint density at radius 3 is 2.48 bits per heavy atom. The van der Waals surface area contributed by atoms with Gasteiger partial charge in [0.1, 0.15) is 12.4 Å². The molecule has 0 unspecified atom stereocenters. The van der Waals surface area contributed by atoms with Crippen LogP contribution >= 0.6 is 0 Å². The lowest BCUT2D eigenvalue weighted by Crippen LogP contribution is -2.37. The van der Waals surface area contributed by atoms with Gasteiger partial charge in [-0.1, -0.05) is 38.1 Å². The molecule has 3 rings (SSSR count). The largest absolute Gasteiger partial charge is 0.492 e. The van der Waals surface area contributed by atoms with E-state index in [1.165, 1.54) is 25.7 Å². The zero-order valence-corrected chi connectivity index (χ0v) is 16.3. The van der Waals surface area contributed by atoms with Crippen molar-refractivity contribution in [3.63, 3.8) is 0 Å². The molecule has 2 aromatic rings. The predicted octanol–water partition coefficient (Wildman–Crippen LogP) is 4.39. The minimum absolute atomic E-state index is 0.411. The van der Waals surface area contributed by atoms with Crippen LogP contribution in [0.3, 0.4) is 0 Å². The Bertz CT molecular complexity index is 758. The standard InChI is InChI=1S/C23H30N2O2/c1-23(2)12-10-20(11-13-23)25-14-15-27-21-8-6-17(7-9-21)18-4-3-5-19(16-18)22(24)26/h3-9,16,20,25H,10-15H2,1-2H3,(H2,24,26). The van der Waals surface area contributed by atoms with E-state index >= 15 is 0 Å². The van der Waals surface area contributed by atoms with Gasteiger partial charge >= 0.3 is 0 Å². The first kappa shape index (κ1) is 19.4. The Hall–Kier alpha value is -2.33. The summed E-state index contributed by atoms with van der Waals surface area (Å²) in [7, 11) is 0. The predicted molar refractivity (Wildman–Crippen MR) is 110 cm³/mol. The lowest BCUT2D eigenvalue weighted by atomic mass is 9.75. The van der Waals surface area contributed by atoms with E-state index in [0.717, 1.165) is 23.4 Å². The van der Waals surface area contributed by atoms with E-state index in [9.17, 15) is 4.79 Å². The fourth-order valence-corrected chi connectivity index (χ4v) is 3.63. The molecule has 1 aliphatic carbocycles. The summed E-state index contributed by atoms with van der Waals surface area (Å²) in [6, 6.07) is 15.9. The average Bonchev–Trinajstić information content (AvgIpc) is 2.67. The number of nitrogens with two attached hydrogens (primary N) is 1. The van der Waals surface area contributed by atoms with Gasteiger partial charge in [0, 0.05) is 18.2 Å². The highest BCUT2D eigenvalue weighted by atomic mass is 16.5. The summed E-state index contributed by atoms with van der Waals surface area (Å²) in [4.78, 5) is 11.3. The first-order valence-electron chi connectivity index (χ1n) is 9.79. The number of carbonyl (C=O) groups excluding carboxylic acids is 1. The van der Waals surface area contributed by atoms with Crippen molar-refractivity contribution in [2.45, 2.75) is 45.6 Å². The van der Waals surface area contributed by atoms with Crippen LogP contribution < -0.4 is 15.8 Å². The van der Waals surface area contributed by atoms with Crippen molar-refractivity contribution in [2.75, 3.05) is 13.2 Å². The second kappa shape index (κ2) is 8.57. The lowest BCUT2D eigenvalue weighted by Gasteiger charge is -2.34. The average molecular weight is 367 g/mol. The maximum Gasteiger partial charge on any atom is 0.248 e. The highest BCUT2D eigenvalue weighted by Crippen LogP contribution is 2.34. The summed E-state index contributed by atoms with van der Waals surface area (Å²) >= 11 is 0. The molecule has 0 aromatic heterocycles. The topological polar surface area (TPSA) is 64.3 Å². The molecule has 1 fully saturated rings. The number of ether oxygens (including phenoxy) is 1. The number of primary amides is 1. The summed E-state index contributed by atoms with van der Waals surface area (Å²) < 4.78 is 5.85. The van der Waals surface area contributed by atoms with Gasteiger partial charge in [-0.05, 0) is 66.5 Å². The quantitative estimate of drug-likeness (QED) is 0.714. The van der Waals surface area contributed by atoms with Crippen LogP contribution in [0.25, 0.3) is 11.1 Å². The van der Waals surface area contributed by atoms with Crippen LogP contribution in [0.5, 0.6) is 5.75 Å². The van der Waals surface area contributed by atoms with Crippen LogP contribution in [-0.4, -0.2) is 25.1 Å². The van der Waals surface area contributed by atoms with E-state index in [0.29, 0.717) is 23.6 Å². The minimum atomic E-state index is -0.411. The number of hydrogen-bond donors (Lipinski definition) is 2. The van der Waals surface area contributed by atoms with Crippen molar-refractivity contribution in [3.8, 4) is 16.9 Å². The molecule has 3 N–H and O–H groups in total. The number of nitrogens with one attached hydrogen (secondary N) is 1. The zero-order valence-electron chi connectivity index (χ0n) is 16.3. The minimum Gasteiger partial charge on any atom is -0.492 e. The molecule has 0 saturated heterocycles. The van der Waals surface area contributed by atoms with Gasteiger partial charge in [-0.2, -0.15) is 0 Å². The summed E-state index contributed by atoms with van der Waals surface area (Å²) in [6.07, 6.45) is 5.10. The van der Waals surface area contributed by atoms with Crippen LogP contribution in [0.4, 0.5) is 0 Å². The van der Waals surface area contributed by atoms with E-state index in [-0.39, 0.29) is 0 Å². The van der Waals surface area contributed by atoms with Gasteiger partial charge in [0.15, 0.2) is 0 Å². The summed E-state index contributed by atoms with van der Waals surface area (Å²) in [5.74, 6) is 0.446. The van der Waals surface area contributed by atoms with E-state index in [4.69, 9.17) is 10.5 Å². The summed E-state index contributed by atoms with van der Waals surface area (Å²) in [6.45, 7) is 6.25. The second-order valence-electron chi connectivity index (χ2n) is 8.21. The van der Waals surface area contributed by atoms with Gasteiger partial charge in [-0.3, -0.25) is 4.79 Å². The molecular formula is C23H30N2O2.